The number of piperidine rings is 1. The lowest BCUT2D eigenvalue weighted by Gasteiger charge is -2.38. The molecule has 1 rings (SSSR count). The van der Waals surface area contributed by atoms with E-state index in [2.05, 4.69) is 23.9 Å². The van der Waals surface area contributed by atoms with E-state index in [1.807, 2.05) is 6.92 Å². The van der Waals surface area contributed by atoms with Crippen molar-refractivity contribution in [1.29, 1.82) is 0 Å². The zero-order valence-electron chi connectivity index (χ0n) is 10.7. The van der Waals surface area contributed by atoms with E-state index in [1.165, 1.54) is 0 Å². The van der Waals surface area contributed by atoms with E-state index in [9.17, 15) is 9.90 Å². The average Bonchev–Trinajstić information content (AvgIpc) is 2.26. The second kappa shape index (κ2) is 5.64. The molecule has 0 radical (unpaired) electrons. The Morgan fingerprint density at radius 2 is 1.94 bits per heavy atom. The standard InChI is InChI=1S/C12H24N2O2/c1-4-12(11(15)16)5-7-14(8-6-12)10-9-13(2)3/h4-10H2,1-3H3,(H,15,16). The lowest BCUT2D eigenvalue weighted by atomic mass is 9.76. The summed E-state index contributed by atoms with van der Waals surface area (Å²) in [5.74, 6) is -0.609. The quantitative estimate of drug-likeness (QED) is 0.766. The molecule has 4 nitrogen and oxygen atoms in total. The van der Waals surface area contributed by atoms with E-state index >= 15 is 0 Å². The highest BCUT2D eigenvalue weighted by Gasteiger charge is 2.39. The minimum atomic E-state index is -0.609. The maximum atomic E-state index is 11.3. The van der Waals surface area contributed by atoms with E-state index in [0.717, 1.165) is 45.4 Å². The van der Waals surface area contributed by atoms with Crippen molar-refractivity contribution in [3.8, 4) is 0 Å². The van der Waals surface area contributed by atoms with Crippen molar-refractivity contribution in [3.63, 3.8) is 0 Å². The largest absolute Gasteiger partial charge is 0.481 e. The number of nitrogens with zero attached hydrogens (tertiary/aromatic N) is 2. The van der Waals surface area contributed by atoms with Gasteiger partial charge in [-0.15, -0.1) is 0 Å². The van der Waals surface area contributed by atoms with Crippen LogP contribution in [0.4, 0.5) is 0 Å². The van der Waals surface area contributed by atoms with E-state index in [4.69, 9.17) is 0 Å². The molecule has 16 heavy (non-hydrogen) atoms. The highest BCUT2D eigenvalue weighted by Crippen LogP contribution is 2.34. The molecule has 0 aromatic carbocycles. The Morgan fingerprint density at radius 3 is 2.31 bits per heavy atom. The fourth-order valence-electron chi connectivity index (χ4n) is 2.26. The van der Waals surface area contributed by atoms with Gasteiger partial charge in [0.05, 0.1) is 5.41 Å². The molecule has 0 spiro atoms. The summed E-state index contributed by atoms with van der Waals surface area (Å²) in [4.78, 5) is 15.8. The molecule has 0 aliphatic carbocycles. The van der Waals surface area contributed by atoms with Gasteiger partial charge in [-0.25, -0.2) is 0 Å². The van der Waals surface area contributed by atoms with E-state index in [-0.39, 0.29) is 0 Å². The Kier molecular flexibility index (Phi) is 4.74. The number of carbonyl (C=O) groups is 1. The van der Waals surface area contributed by atoms with Crippen molar-refractivity contribution in [2.45, 2.75) is 26.2 Å². The third kappa shape index (κ3) is 3.19. The monoisotopic (exact) mass is 228 g/mol. The van der Waals surface area contributed by atoms with Crippen LogP contribution in [0.25, 0.3) is 0 Å². The Bertz CT molecular complexity index is 233. The summed E-state index contributed by atoms with van der Waals surface area (Å²) in [5, 5.41) is 9.27. The van der Waals surface area contributed by atoms with Gasteiger partial charge in [0.1, 0.15) is 0 Å². The Labute approximate surface area is 98.2 Å². The highest BCUT2D eigenvalue weighted by atomic mass is 16.4. The van der Waals surface area contributed by atoms with Crippen molar-refractivity contribution < 1.29 is 9.90 Å². The Balaban J connectivity index is 2.40. The van der Waals surface area contributed by atoms with Crippen LogP contribution in [0.5, 0.6) is 0 Å². The third-order valence-electron chi connectivity index (χ3n) is 3.81. The number of carboxylic acid groups (broad SMARTS) is 1. The van der Waals surface area contributed by atoms with Gasteiger partial charge in [0.15, 0.2) is 0 Å². The van der Waals surface area contributed by atoms with Crippen LogP contribution in [0.15, 0.2) is 0 Å². The SMILES string of the molecule is CCC1(C(=O)O)CCN(CCN(C)C)CC1. The van der Waals surface area contributed by atoms with E-state index in [0.29, 0.717) is 0 Å². The molecule has 0 aromatic heterocycles. The first-order valence-electron chi connectivity index (χ1n) is 6.10. The van der Waals surface area contributed by atoms with Crippen LogP contribution < -0.4 is 0 Å². The van der Waals surface area contributed by atoms with E-state index < -0.39 is 11.4 Å². The first-order chi connectivity index (χ1) is 7.50. The summed E-state index contributed by atoms with van der Waals surface area (Å²) in [6.45, 7) is 5.93. The molecule has 1 aliphatic heterocycles. The number of likely N-dealkylation sites (tertiary alicyclic amines) is 1. The number of carboxylic acids is 1. The molecule has 1 heterocycles. The van der Waals surface area contributed by atoms with Crippen molar-refractivity contribution >= 4 is 5.97 Å². The van der Waals surface area contributed by atoms with Gasteiger partial charge in [0.2, 0.25) is 0 Å². The lowest BCUT2D eigenvalue weighted by molar-refractivity contribution is -0.152. The normalized spacial score (nSPS) is 21.2. The number of aliphatic carboxylic acids is 1. The molecular formula is C12H24N2O2. The molecule has 0 bridgehead atoms. The highest BCUT2D eigenvalue weighted by molar-refractivity contribution is 5.74. The summed E-state index contributed by atoms with van der Waals surface area (Å²) < 4.78 is 0. The molecule has 0 atom stereocenters. The Hall–Kier alpha value is -0.610. The topological polar surface area (TPSA) is 43.8 Å². The Morgan fingerprint density at radius 1 is 1.38 bits per heavy atom. The molecule has 4 heteroatoms. The van der Waals surface area contributed by atoms with Crippen molar-refractivity contribution in [1.82, 2.24) is 9.80 Å². The second-order valence-corrected chi connectivity index (χ2v) is 5.08. The second-order valence-electron chi connectivity index (χ2n) is 5.08. The predicted octanol–water partition coefficient (Wildman–Crippen LogP) is 1.12. The zero-order chi connectivity index (χ0) is 12.2. The summed E-state index contributed by atoms with van der Waals surface area (Å²) in [6, 6.07) is 0. The third-order valence-corrected chi connectivity index (χ3v) is 3.81. The molecule has 1 aliphatic rings. The molecule has 1 N–H and O–H groups in total. The van der Waals surface area contributed by atoms with Crippen LogP contribution in [0.1, 0.15) is 26.2 Å². The average molecular weight is 228 g/mol. The van der Waals surface area contributed by atoms with Gasteiger partial charge in [-0.2, -0.15) is 0 Å². The maximum Gasteiger partial charge on any atom is 0.309 e. The minimum Gasteiger partial charge on any atom is -0.481 e. The molecule has 1 fully saturated rings. The van der Waals surface area contributed by atoms with Gasteiger partial charge in [-0.3, -0.25) is 4.79 Å². The summed E-state index contributed by atoms with van der Waals surface area (Å²) in [5.41, 5.74) is -0.450. The summed E-state index contributed by atoms with van der Waals surface area (Å²) in [6.07, 6.45) is 2.35. The summed E-state index contributed by atoms with van der Waals surface area (Å²) >= 11 is 0. The molecule has 0 saturated carbocycles. The van der Waals surface area contributed by atoms with Gasteiger partial charge in [0, 0.05) is 13.1 Å². The summed E-state index contributed by atoms with van der Waals surface area (Å²) in [7, 11) is 4.13. The molecule has 0 amide bonds. The van der Waals surface area contributed by atoms with Crippen LogP contribution in [0.2, 0.25) is 0 Å². The van der Waals surface area contributed by atoms with Crippen LogP contribution in [-0.4, -0.2) is 61.2 Å². The van der Waals surface area contributed by atoms with Crippen molar-refractivity contribution in [3.05, 3.63) is 0 Å². The van der Waals surface area contributed by atoms with Crippen LogP contribution in [-0.2, 0) is 4.79 Å². The molecule has 0 unspecified atom stereocenters. The van der Waals surface area contributed by atoms with Gasteiger partial charge in [-0.1, -0.05) is 6.92 Å². The van der Waals surface area contributed by atoms with Crippen LogP contribution >= 0.6 is 0 Å². The van der Waals surface area contributed by atoms with Gasteiger partial charge >= 0.3 is 5.97 Å². The number of hydrogen-bond acceptors (Lipinski definition) is 3. The maximum absolute atomic E-state index is 11.3. The van der Waals surface area contributed by atoms with Gasteiger partial charge in [-0.05, 0) is 46.4 Å². The fraction of sp³-hybridized carbons (Fsp3) is 0.917. The molecule has 0 aromatic rings. The zero-order valence-corrected chi connectivity index (χ0v) is 10.7. The first-order valence-corrected chi connectivity index (χ1v) is 6.10. The number of likely N-dealkylation sites (N-methyl/N-ethyl adjacent to an activating group) is 1. The van der Waals surface area contributed by atoms with Crippen molar-refractivity contribution in [2.75, 3.05) is 40.3 Å². The van der Waals surface area contributed by atoms with E-state index in [1.54, 1.807) is 0 Å². The number of hydrogen-bond donors (Lipinski definition) is 1. The van der Waals surface area contributed by atoms with Crippen LogP contribution in [0, 0.1) is 5.41 Å². The van der Waals surface area contributed by atoms with Gasteiger partial charge in [0.25, 0.3) is 0 Å². The van der Waals surface area contributed by atoms with Gasteiger partial charge < -0.3 is 14.9 Å². The fourth-order valence-corrected chi connectivity index (χ4v) is 2.26. The predicted molar refractivity (Wildman–Crippen MR) is 64.6 cm³/mol. The minimum absolute atomic E-state index is 0.450. The molecular weight excluding hydrogens is 204 g/mol. The smallest absolute Gasteiger partial charge is 0.309 e. The van der Waals surface area contributed by atoms with Crippen molar-refractivity contribution in [2.24, 2.45) is 5.41 Å². The molecule has 94 valence electrons. The molecule has 1 saturated heterocycles. The first kappa shape index (κ1) is 13.5. The number of rotatable bonds is 5. The van der Waals surface area contributed by atoms with Crippen LogP contribution in [0.3, 0.4) is 0 Å². The lowest BCUT2D eigenvalue weighted by Crippen LogP contribution is -2.45.